The van der Waals surface area contributed by atoms with Crippen LogP contribution in [0.3, 0.4) is 0 Å². The van der Waals surface area contributed by atoms with E-state index in [0.717, 1.165) is 19.3 Å². The van der Waals surface area contributed by atoms with Gasteiger partial charge in [-0.25, -0.2) is 0 Å². The van der Waals surface area contributed by atoms with E-state index in [1.54, 1.807) is 0 Å². The summed E-state index contributed by atoms with van der Waals surface area (Å²) < 4.78 is 4.74. The van der Waals surface area contributed by atoms with Crippen LogP contribution in [-0.2, 0) is 14.3 Å². The van der Waals surface area contributed by atoms with Crippen molar-refractivity contribution < 1.29 is 14.3 Å². The van der Waals surface area contributed by atoms with Gasteiger partial charge in [-0.3, -0.25) is 9.59 Å². The fraction of sp³-hybridized carbons (Fsp3) is 0.800. The van der Waals surface area contributed by atoms with Crippen LogP contribution in [0.1, 0.15) is 19.3 Å². The van der Waals surface area contributed by atoms with Gasteiger partial charge in [0.2, 0.25) is 0 Å². The molecule has 0 radical (unpaired) electrons. The van der Waals surface area contributed by atoms with E-state index < -0.39 is 5.41 Å². The van der Waals surface area contributed by atoms with Crippen LogP contribution in [0.15, 0.2) is 0 Å². The van der Waals surface area contributed by atoms with Crippen LogP contribution < -0.4 is 0 Å². The van der Waals surface area contributed by atoms with Crippen molar-refractivity contribution in [3.05, 3.63) is 0 Å². The molecular formula is C10H11ClO3. The van der Waals surface area contributed by atoms with E-state index >= 15 is 0 Å². The Balaban J connectivity index is 2.11. The van der Waals surface area contributed by atoms with Crippen LogP contribution in [0.4, 0.5) is 0 Å². The highest BCUT2D eigenvalue weighted by Gasteiger charge is 2.69. The van der Waals surface area contributed by atoms with Crippen molar-refractivity contribution >= 4 is 23.5 Å². The number of ether oxygens (including phenoxy) is 1. The van der Waals surface area contributed by atoms with Gasteiger partial charge < -0.3 is 4.74 Å². The lowest BCUT2D eigenvalue weighted by molar-refractivity contribution is -0.156. The van der Waals surface area contributed by atoms with Gasteiger partial charge in [0.25, 0.3) is 0 Å². The average molecular weight is 215 g/mol. The minimum absolute atomic E-state index is 0.230. The molecule has 0 aromatic rings. The summed E-state index contributed by atoms with van der Waals surface area (Å²) in [7, 11) is 0. The van der Waals surface area contributed by atoms with Crippen molar-refractivity contribution in [2.75, 3.05) is 5.88 Å². The van der Waals surface area contributed by atoms with Gasteiger partial charge in [-0.05, 0) is 31.1 Å². The highest BCUT2D eigenvalue weighted by atomic mass is 35.5. The third-order valence-corrected chi connectivity index (χ3v) is 4.72. The van der Waals surface area contributed by atoms with Gasteiger partial charge in [0, 0.05) is 5.88 Å². The molecule has 2 saturated carbocycles. The Kier molecular flexibility index (Phi) is 1.56. The number of cyclic esters (lactones) is 2. The first-order valence-corrected chi connectivity index (χ1v) is 5.55. The van der Waals surface area contributed by atoms with Gasteiger partial charge in [0.1, 0.15) is 0 Å². The van der Waals surface area contributed by atoms with Crippen LogP contribution in [0, 0.1) is 23.2 Å². The first kappa shape index (κ1) is 8.72. The number of alkyl halides is 1. The zero-order valence-electron chi connectivity index (χ0n) is 7.66. The predicted molar refractivity (Wildman–Crippen MR) is 48.6 cm³/mol. The minimum atomic E-state index is -0.651. The molecule has 3 nitrogen and oxygen atoms in total. The fourth-order valence-corrected chi connectivity index (χ4v) is 4.15. The third-order valence-electron chi connectivity index (χ3n) is 4.28. The topological polar surface area (TPSA) is 43.4 Å². The molecule has 1 saturated heterocycles. The molecule has 4 heteroatoms. The number of hydrogen-bond acceptors (Lipinski definition) is 3. The first-order valence-electron chi connectivity index (χ1n) is 5.02. The third kappa shape index (κ3) is 0.724. The number of fused-ring (bicyclic) bond motifs is 5. The van der Waals surface area contributed by atoms with Crippen LogP contribution >= 0.6 is 11.6 Å². The molecule has 2 aliphatic carbocycles. The lowest BCUT2D eigenvalue weighted by Crippen LogP contribution is -2.41. The van der Waals surface area contributed by atoms with Crippen molar-refractivity contribution in [3.63, 3.8) is 0 Å². The SMILES string of the molecule is O=C1OC(=O)C2(CCl)C1[C@@H]1CC[C@H]2C1. The van der Waals surface area contributed by atoms with Crippen molar-refractivity contribution in [1.29, 1.82) is 0 Å². The molecule has 0 amide bonds. The minimum Gasteiger partial charge on any atom is -0.392 e. The molecule has 0 aromatic heterocycles. The van der Waals surface area contributed by atoms with Crippen molar-refractivity contribution in [2.45, 2.75) is 19.3 Å². The molecule has 0 spiro atoms. The lowest BCUT2D eigenvalue weighted by atomic mass is 9.69. The normalized spacial score (nSPS) is 49.6. The summed E-state index contributed by atoms with van der Waals surface area (Å²) in [5.41, 5.74) is -0.651. The van der Waals surface area contributed by atoms with Gasteiger partial charge in [-0.1, -0.05) is 0 Å². The Morgan fingerprint density at radius 3 is 2.86 bits per heavy atom. The maximum Gasteiger partial charge on any atom is 0.322 e. The van der Waals surface area contributed by atoms with Gasteiger partial charge in [-0.2, -0.15) is 0 Å². The summed E-state index contributed by atoms with van der Waals surface area (Å²) in [4.78, 5) is 23.2. The molecule has 1 aliphatic heterocycles. The molecule has 3 fully saturated rings. The molecule has 76 valence electrons. The molecule has 1 heterocycles. The van der Waals surface area contributed by atoms with Crippen LogP contribution in [0.25, 0.3) is 0 Å². The van der Waals surface area contributed by atoms with Crippen LogP contribution in [-0.4, -0.2) is 17.8 Å². The van der Waals surface area contributed by atoms with Crippen molar-refractivity contribution in [2.24, 2.45) is 23.2 Å². The van der Waals surface area contributed by atoms with E-state index in [1.165, 1.54) is 0 Å². The summed E-state index contributed by atoms with van der Waals surface area (Å²) in [6.45, 7) is 0. The number of hydrogen-bond donors (Lipinski definition) is 0. The summed E-state index contributed by atoms with van der Waals surface area (Å²) in [6.07, 6.45) is 3.06. The molecule has 3 aliphatic rings. The fourth-order valence-electron chi connectivity index (χ4n) is 3.65. The van der Waals surface area contributed by atoms with E-state index in [9.17, 15) is 9.59 Å². The summed E-state index contributed by atoms with van der Waals surface area (Å²) in [5.74, 6) is -0.0564. The first-order chi connectivity index (χ1) is 6.70. The quantitative estimate of drug-likeness (QED) is 0.376. The number of carbonyl (C=O) groups is 2. The van der Waals surface area contributed by atoms with E-state index in [-0.39, 0.29) is 29.7 Å². The smallest absolute Gasteiger partial charge is 0.322 e. The number of rotatable bonds is 1. The molecule has 0 N–H and O–H groups in total. The largest absolute Gasteiger partial charge is 0.392 e. The summed E-state index contributed by atoms with van der Waals surface area (Å²) >= 11 is 5.90. The average Bonchev–Trinajstić information content (AvgIpc) is 2.78. The van der Waals surface area contributed by atoms with E-state index in [2.05, 4.69) is 0 Å². The van der Waals surface area contributed by atoms with Crippen molar-refractivity contribution in [3.8, 4) is 0 Å². The van der Waals surface area contributed by atoms with Crippen LogP contribution in [0.2, 0.25) is 0 Å². The summed E-state index contributed by atoms with van der Waals surface area (Å²) in [6, 6.07) is 0. The molecule has 4 atom stereocenters. The van der Waals surface area contributed by atoms with Crippen LogP contribution in [0.5, 0.6) is 0 Å². The maximum absolute atomic E-state index is 11.7. The van der Waals surface area contributed by atoms with E-state index in [1.807, 2.05) is 0 Å². The lowest BCUT2D eigenvalue weighted by Gasteiger charge is -2.31. The molecule has 2 bridgehead atoms. The van der Waals surface area contributed by atoms with Crippen molar-refractivity contribution in [1.82, 2.24) is 0 Å². The second kappa shape index (κ2) is 2.51. The van der Waals surface area contributed by atoms with Gasteiger partial charge in [0.05, 0.1) is 11.3 Å². The summed E-state index contributed by atoms with van der Waals surface area (Å²) in [5, 5.41) is 0. The van der Waals surface area contributed by atoms with Gasteiger partial charge >= 0.3 is 11.9 Å². The maximum atomic E-state index is 11.7. The monoisotopic (exact) mass is 214 g/mol. The van der Waals surface area contributed by atoms with Gasteiger partial charge in [-0.15, -0.1) is 11.6 Å². The molecule has 0 aromatic carbocycles. The Morgan fingerprint density at radius 2 is 2.21 bits per heavy atom. The number of halogens is 1. The molecule has 3 rings (SSSR count). The van der Waals surface area contributed by atoms with E-state index in [4.69, 9.17) is 16.3 Å². The Hall–Kier alpha value is -0.570. The molecule has 14 heavy (non-hydrogen) atoms. The standard InChI is InChI=1S/C10H11ClO3/c11-4-10-6-2-1-5(3-6)7(10)8(12)14-9(10)13/h5-7H,1-4H2/t5-,6+,7?,10?/m1/s1. The number of carbonyl (C=O) groups excluding carboxylic acids is 2. The van der Waals surface area contributed by atoms with E-state index in [0.29, 0.717) is 5.92 Å². The predicted octanol–water partition coefficient (Wildman–Crippen LogP) is 1.34. The highest BCUT2D eigenvalue weighted by molar-refractivity contribution is 6.21. The highest BCUT2D eigenvalue weighted by Crippen LogP contribution is 2.63. The molecular weight excluding hydrogens is 204 g/mol. The zero-order chi connectivity index (χ0) is 9.92. The Labute approximate surface area is 86.7 Å². The Bertz CT molecular complexity index is 327. The zero-order valence-corrected chi connectivity index (χ0v) is 8.42. The second-order valence-electron chi connectivity index (χ2n) is 4.63. The number of esters is 2. The van der Waals surface area contributed by atoms with Gasteiger partial charge in [0.15, 0.2) is 0 Å². The molecule has 2 unspecified atom stereocenters. The Morgan fingerprint density at radius 1 is 1.43 bits per heavy atom. The second-order valence-corrected chi connectivity index (χ2v) is 4.90.